The number of hydrogen-bond donors (Lipinski definition) is 3. The van der Waals surface area contributed by atoms with Gasteiger partial charge in [0.2, 0.25) is 0 Å². The highest BCUT2D eigenvalue weighted by molar-refractivity contribution is 5.97. The third kappa shape index (κ3) is 7.87. The van der Waals surface area contributed by atoms with Gasteiger partial charge in [0.25, 0.3) is 5.91 Å². The Morgan fingerprint density at radius 1 is 0.719 bits per heavy atom. The molecule has 0 radical (unpaired) electrons. The molecule has 3 N–H and O–H groups in total. The Bertz CT molecular complexity index is 898. The maximum absolute atomic E-state index is 13.1. The van der Waals surface area contributed by atoms with Crippen LogP contribution in [0.2, 0.25) is 0 Å². The molecule has 1 saturated heterocycles. The maximum atomic E-state index is 13.1. The lowest BCUT2D eigenvalue weighted by atomic mass is 9.96. The van der Waals surface area contributed by atoms with Crippen LogP contribution < -0.4 is 16.0 Å². The Labute approximate surface area is 189 Å². The summed E-state index contributed by atoms with van der Waals surface area (Å²) in [4.78, 5) is 12.1. The number of nitrogens with one attached hydrogen (secondary N) is 3. The van der Waals surface area contributed by atoms with Crippen LogP contribution in [0.3, 0.4) is 0 Å². The zero-order valence-electron chi connectivity index (χ0n) is 18.8. The minimum absolute atomic E-state index is 0.220. The summed E-state index contributed by atoms with van der Waals surface area (Å²) < 4.78 is 26.3. The summed E-state index contributed by atoms with van der Waals surface area (Å²) in [6.45, 7) is 2.50. The lowest BCUT2D eigenvalue weighted by Crippen LogP contribution is -2.17. The van der Waals surface area contributed by atoms with Crippen LogP contribution in [0.15, 0.2) is 66.7 Å². The van der Waals surface area contributed by atoms with Gasteiger partial charge in [-0.05, 0) is 105 Å². The average molecular weight is 440 g/mol. The Morgan fingerprint density at radius 2 is 1.12 bits per heavy atom. The smallest absolute Gasteiger partial charge is 0.251 e. The van der Waals surface area contributed by atoms with Crippen LogP contribution in [-0.2, 0) is 0 Å². The predicted octanol–water partition coefficient (Wildman–Crippen LogP) is 4.86. The van der Waals surface area contributed by atoms with Crippen LogP contribution in [0.25, 0.3) is 22.3 Å². The number of hydrogen-bond acceptors (Lipinski definition) is 3. The van der Waals surface area contributed by atoms with E-state index in [0.29, 0.717) is 5.56 Å². The van der Waals surface area contributed by atoms with Crippen molar-refractivity contribution >= 4 is 5.91 Å². The van der Waals surface area contributed by atoms with Gasteiger partial charge in [-0.15, -0.1) is 0 Å². The molecular formula is C26H31F2N3O. The zero-order chi connectivity index (χ0) is 23.3. The lowest BCUT2D eigenvalue weighted by Gasteiger charge is -2.10. The van der Waals surface area contributed by atoms with Crippen molar-refractivity contribution in [2.75, 3.05) is 34.2 Å². The monoisotopic (exact) mass is 439 g/mol. The van der Waals surface area contributed by atoms with E-state index in [2.05, 4.69) is 16.0 Å². The highest BCUT2D eigenvalue weighted by atomic mass is 19.1. The van der Waals surface area contributed by atoms with Gasteiger partial charge in [-0.2, -0.15) is 0 Å². The zero-order valence-corrected chi connectivity index (χ0v) is 18.8. The standard InChI is InChI=1S/C20H15F2NO.C4H9N.C2H7N/c1-23-20(24)17-11-15(13-2-6-18(21)7-3-13)10-16(12-17)14-4-8-19(22)9-5-14;1-2-4-5-3-1;1-3-2/h2-12H,1H3,(H,23,24);5H,1-4H2;3H,1-2H3. The second-order valence-electron chi connectivity index (χ2n) is 7.35. The second kappa shape index (κ2) is 13.3. The summed E-state index contributed by atoms with van der Waals surface area (Å²) in [5.41, 5.74) is 3.65. The Balaban J connectivity index is 0.000000385. The van der Waals surface area contributed by atoms with E-state index >= 15 is 0 Å². The first-order chi connectivity index (χ1) is 15.5. The molecule has 4 rings (SSSR count). The van der Waals surface area contributed by atoms with E-state index in [1.165, 1.54) is 50.2 Å². The fourth-order valence-electron chi connectivity index (χ4n) is 3.15. The minimum atomic E-state index is -0.319. The molecule has 1 fully saturated rings. The third-order valence-electron chi connectivity index (χ3n) is 4.73. The molecule has 32 heavy (non-hydrogen) atoms. The van der Waals surface area contributed by atoms with Gasteiger partial charge in [-0.25, -0.2) is 8.78 Å². The molecule has 170 valence electrons. The molecule has 0 unspecified atom stereocenters. The van der Waals surface area contributed by atoms with Crippen molar-refractivity contribution in [1.82, 2.24) is 16.0 Å². The largest absolute Gasteiger partial charge is 0.355 e. The molecule has 4 nitrogen and oxygen atoms in total. The fourth-order valence-corrected chi connectivity index (χ4v) is 3.15. The summed E-state index contributed by atoms with van der Waals surface area (Å²) in [5.74, 6) is -0.859. The van der Waals surface area contributed by atoms with E-state index in [4.69, 9.17) is 0 Å². The van der Waals surface area contributed by atoms with E-state index in [1.54, 1.807) is 43.4 Å². The summed E-state index contributed by atoms with van der Waals surface area (Å²) in [6.07, 6.45) is 2.78. The molecule has 3 aromatic carbocycles. The number of carbonyl (C=O) groups excluding carboxylic acids is 1. The summed E-state index contributed by atoms with van der Waals surface area (Å²) >= 11 is 0. The predicted molar refractivity (Wildman–Crippen MR) is 128 cm³/mol. The second-order valence-corrected chi connectivity index (χ2v) is 7.35. The molecule has 1 aliphatic rings. The van der Waals surface area contributed by atoms with Crippen LogP contribution >= 0.6 is 0 Å². The van der Waals surface area contributed by atoms with Gasteiger partial charge >= 0.3 is 0 Å². The number of benzene rings is 3. The summed E-state index contributed by atoms with van der Waals surface area (Å²) in [6, 6.07) is 17.5. The molecule has 0 saturated carbocycles. The molecule has 6 heteroatoms. The van der Waals surface area contributed by atoms with Gasteiger partial charge in [0.15, 0.2) is 0 Å². The Hall–Kier alpha value is -3.09. The molecule has 0 aromatic heterocycles. The molecular weight excluding hydrogens is 408 g/mol. The normalized spacial score (nSPS) is 12.2. The van der Waals surface area contributed by atoms with Gasteiger partial charge in [-0.3, -0.25) is 4.79 Å². The topological polar surface area (TPSA) is 53.2 Å². The Kier molecular flexibility index (Phi) is 10.5. The van der Waals surface area contributed by atoms with Gasteiger partial charge in [0.1, 0.15) is 11.6 Å². The molecule has 1 amide bonds. The molecule has 3 aromatic rings. The summed E-state index contributed by atoms with van der Waals surface area (Å²) in [5, 5.41) is 8.57. The average Bonchev–Trinajstić information content (AvgIpc) is 3.40. The molecule has 1 aliphatic heterocycles. The fraction of sp³-hybridized carbons (Fsp3) is 0.269. The van der Waals surface area contributed by atoms with Gasteiger partial charge in [-0.1, -0.05) is 24.3 Å². The van der Waals surface area contributed by atoms with Gasteiger partial charge in [0.05, 0.1) is 0 Å². The summed E-state index contributed by atoms with van der Waals surface area (Å²) in [7, 11) is 5.31. The van der Waals surface area contributed by atoms with E-state index in [0.717, 1.165) is 22.3 Å². The Morgan fingerprint density at radius 3 is 1.44 bits per heavy atom. The number of carbonyl (C=O) groups is 1. The van der Waals surface area contributed by atoms with Crippen LogP contribution in [0.5, 0.6) is 0 Å². The van der Waals surface area contributed by atoms with Crippen molar-refractivity contribution in [3.8, 4) is 22.3 Å². The van der Waals surface area contributed by atoms with Crippen LogP contribution in [0.4, 0.5) is 8.78 Å². The van der Waals surface area contributed by atoms with Crippen LogP contribution in [0, 0.1) is 11.6 Å². The number of rotatable bonds is 3. The third-order valence-corrected chi connectivity index (χ3v) is 4.73. The number of halogens is 2. The first-order valence-corrected chi connectivity index (χ1v) is 10.7. The first kappa shape index (κ1) is 25.2. The van der Waals surface area contributed by atoms with Crippen molar-refractivity contribution in [3.05, 3.63) is 83.9 Å². The molecule has 0 atom stereocenters. The maximum Gasteiger partial charge on any atom is 0.251 e. The highest BCUT2D eigenvalue weighted by Gasteiger charge is 2.10. The van der Waals surface area contributed by atoms with Crippen LogP contribution in [-0.4, -0.2) is 40.1 Å². The highest BCUT2D eigenvalue weighted by Crippen LogP contribution is 2.28. The molecule has 1 heterocycles. The van der Waals surface area contributed by atoms with Crippen molar-refractivity contribution in [1.29, 1.82) is 0 Å². The van der Waals surface area contributed by atoms with E-state index in [1.807, 2.05) is 20.2 Å². The van der Waals surface area contributed by atoms with Crippen molar-refractivity contribution in [2.24, 2.45) is 0 Å². The van der Waals surface area contributed by atoms with Crippen molar-refractivity contribution in [3.63, 3.8) is 0 Å². The minimum Gasteiger partial charge on any atom is -0.355 e. The molecule has 0 aliphatic carbocycles. The van der Waals surface area contributed by atoms with Gasteiger partial charge in [0, 0.05) is 12.6 Å². The lowest BCUT2D eigenvalue weighted by molar-refractivity contribution is 0.0963. The number of amides is 1. The van der Waals surface area contributed by atoms with E-state index in [9.17, 15) is 13.6 Å². The van der Waals surface area contributed by atoms with Crippen molar-refractivity contribution < 1.29 is 13.6 Å². The SMILES string of the molecule is C1CCNC1.CNC.CNC(=O)c1cc(-c2ccc(F)cc2)cc(-c2ccc(F)cc2)c1. The van der Waals surface area contributed by atoms with E-state index in [-0.39, 0.29) is 17.5 Å². The van der Waals surface area contributed by atoms with E-state index < -0.39 is 0 Å². The van der Waals surface area contributed by atoms with Gasteiger partial charge < -0.3 is 16.0 Å². The molecule has 0 spiro atoms. The van der Waals surface area contributed by atoms with Crippen LogP contribution in [0.1, 0.15) is 23.2 Å². The van der Waals surface area contributed by atoms with Crippen molar-refractivity contribution in [2.45, 2.75) is 12.8 Å². The quantitative estimate of drug-likeness (QED) is 0.546. The first-order valence-electron chi connectivity index (χ1n) is 10.7. The molecule has 0 bridgehead atoms.